The SMILES string of the molecule is CCCCN(Cc1ccccc1)C[C@@H]1CCc2nc(-c3ccc(F)cc3)c(-c3ccnc(NCc4ccc(OC)cc4)n3)n21. The van der Waals surface area contributed by atoms with Crippen LogP contribution in [-0.2, 0) is 19.5 Å². The molecule has 226 valence electrons. The van der Waals surface area contributed by atoms with E-state index in [-0.39, 0.29) is 11.9 Å². The molecule has 0 fully saturated rings. The lowest BCUT2D eigenvalue weighted by Crippen LogP contribution is -2.30. The first-order valence-electron chi connectivity index (χ1n) is 15.4. The lowest BCUT2D eigenvalue weighted by Gasteiger charge is -2.27. The molecule has 3 aromatic carbocycles. The molecule has 0 saturated carbocycles. The monoisotopic (exact) mass is 590 g/mol. The Balaban J connectivity index is 1.33. The number of hydrogen-bond acceptors (Lipinski definition) is 6. The van der Waals surface area contributed by atoms with Crippen LogP contribution < -0.4 is 10.1 Å². The van der Waals surface area contributed by atoms with Gasteiger partial charge in [0.2, 0.25) is 5.95 Å². The van der Waals surface area contributed by atoms with Crippen LogP contribution in [0.1, 0.15) is 49.2 Å². The van der Waals surface area contributed by atoms with Crippen molar-refractivity contribution in [2.75, 3.05) is 25.5 Å². The van der Waals surface area contributed by atoms with E-state index in [1.54, 1.807) is 25.4 Å². The molecule has 5 aromatic rings. The summed E-state index contributed by atoms with van der Waals surface area (Å²) in [5.41, 5.74) is 5.88. The molecule has 2 aromatic heterocycles. The lowest BCUT2D eigenvalue weighted by atomic mass is 10.1. The van der Waals surface area contributed by atoms with Gasteiger partial charge in [-0.2, -0.15) is 0 Å². The molecule has 0 amide bonds. The average molecular weight is 591 g/mol. The summed E-state index contributed by atoms with van der Waals surface area (Å²) in [5.74, 6) is 2.15. The molecule has 0 aliphatic carbocycles. The van der Waals surface area contributed by atoms with Crippen molar-refractivity contribution < 1.29 is 9.13 Å². The number of ether oxygens (including phenoxy) is 1. The summed E-state index contributed by atoms with van der Waals surface area (Å²) in [5, 5.41) is 3.38. The molecule has 1 atom stereocenters. The minimum absolute atomic E-state index is 0.243. The van der Waals surface area contributed by atoms with Crippen LogP contribution in [0.4, 0.5) is 10.3 Å². The molecule has 0 spiro atoms. The maximum absolute atomic E-state index is 13.9. The third-order valence-electron chi connectivity index (χ3n) is 8.22. The molecule has 0 unspecified atom stereocenters. The Morgan fingerprint density at radius 2 is 1.75 bits per heavy atom. The van der Waals surface area contributed by atoms with Crippen molar-refractivity contribution in [1.82, 2.24) is 24.4 Å². The second-order valence-electron chi connectivity index (χ2n) is 11.3. The smallest absolute Gasteiger partial charge is 0.223 e. The molecular weight excluding hydrogens is 551 g/mol. The van der Waals surface area contributed by atoms with Gasteiger partial charge in [-0.15, -0.1) is 0 Å². The minimum Gasteiger partial charge on any atom is -0.497 e. The fraction of sp³-hybridized carbons (Fsp3) is 0.306. The van der Waals surface area contributed by atoms with E-state index in [2.05, 4.69) is 57.0 Å². The van der Waals surface area contributed by atoms with Crippen molar-refractivity contribution in [2.45, 2.75) is 51.7 Å². The molecule has 3 heterocycles. The summed E-state index contributed by atoms with van der Waals surface area (Å²) >= 11 is 0. The number of rotatable bonds is 13. The number of unbranched alkanes of at least 4 members (excludes halogenated alkanes) is 1. The Morgan fingerprint density at radius 3 is 2.50 bits per heavy atom. The largest absolute Gasteiger partial charge is 0.497 e. The topological polar surface area (TPSA) is 68.1 Å². The van der Waals surface area contributed by atoms with Crippen LogP contribution >= 0.6 is 0 Å². The fourth-order valence-corrected chi connectivity index (χ4v) is 5.96. The minimum atomic E-state index is -0.264. The van der Waals surface area contributed by atoms with Gasteiger partial charge in [-0.25, -0.2) is 19.3 Å². The number of anilines is 1. The summed E-state index contributed by atoms with van der Waals surface area (Å²) in [6, 6.07) is 27.4. The highest BCUT2D eigenvalue weighted by Gasteiger charge is 2.32. The normalized spacial score (nSPS) is 14.1. The summed E-state index contributed by atoms with van der Waals surface area (Å²) in [6.07, 6.45) is 6.00. The predicted molar refractivity (Wildman–Crippen MR) is 173 cm³/mol. The number of fused-ring (bicyclic) bond motifs is 1. The number of aromatic nitrogens is 4. The number of nitrogens with one attached hydrogen (secondary N) is 1. The van der Waals surface area contributed by atoms with E-state index in [9.17, 15) is 4.39 Å². The number of hydrogen-bond donors (Lipinski definition) is 1. The summed E-state index contributed by atoms with van der Waals surface area (Å²) < 4.78 is 21.6. The average Bonchev–Trinajstić information content (AvgIpc) is 3.63. The first-order valence-corrected chi connectivity index (χ1v) is 15.4. The first-order chi connectivity index (χ1) is 21.6. The van der Waals surface area contributed by atoms with Gasteiger partial charge in [0.15, 0.2) is 0 Å². The molecule has 0 radical (unpaired) electrons. The second-order valence-corrected chi connectivity index (χ2v) is 11.3. The molecule has 6 rings (SSSR count). The van der Waals surface area contributed by atoms with Gasteiger partial charge >= 0.3 is 0 Å². The molecule has 0 saturated heterocycles. The highest BCUT2D eigenvalue weighted by atomic mass is 19.1. The predicted octanol–water partition coefficient (Wildman–Crippen LogP) is 7.56. The van der Waals surface area contributed by atoms with Crippen molar-refractivity contribution in [3.8, 4) is 28.4 Å². The van der Waals surface area contributed by atoms with E-state index in [1.165, 1.54) is 17.7 Å². The van der Waals surface area contributed by atoms with Crippen molar-refractivity contribution in [3.05, 3.63) is 114 Å². The maximum atomic E-state index is 13.9. The van der Waals surface area contributed by atoms with Crippen LogP contribution in [-0.4, -0.2) is 44.6 Å². The van der Waals surface area contributed by atoms with Crippen molar-refractivity contribution in [2.24, 2.45) is 0 Å². The van der Waals surface area contributed by atoms with Crippen molar-refractivity contribution in [3.63, 3.8) is 0 Å². The quantitative estimate of drug-likeness (QED) is 0.153. The molecular formula is C36H39FN6O. The van der Waals surface area contributed by atoms with Crippen LogP contribution in [0.2, 0.25) is 0 Å². The number of aryl methyl sites for hydroxylation is 1. The second kappa shape index (κ2) is 13.8. The van der Waals surface area contributed by atoms with E-state index in [0.717, 1.165) is 85.1 Å². The van der Waals surface area contributed by atoms with Gasteiger partial charge in [-0.1, -0.05) is 55.8 Å². The summed E-state index contributed by atoms with van der Waals surface area (Å²) in [6.45, 7) is 5.69. The highest BCUT2D eigenvalue weighted by Crippen LogP contribution is 2.39. The van der Waals surface area contributed by atoms with Gasteiger partial charge in [0.25, 0.3) is 0 Å². The molecule has 8 heteroatoms. The number of methoxy groups -OCH3 is 1. The zero-order chi connectivity index (χ0) is 30.3. The molecule has 1 N–H and O–H groups in total. The van der Waals surface area contributed by atoms with Crippen LogP contribution in [0.3, 0.4) is 0 Å². The van der Waals surface area contributed by atoms with Gasteiger partial charge in [0.05, 0.1) is 24.2 Å². The Labute approximate surface area is 258 Å². The fourth-order valence-electron chi connectivity index (χ4n) is 5.96. The van der Waals surface area contributed by atoms with E-state index in [1.807, 2.05) is 30.3 Å². The highest BCUT2D eigenvalue weighted by molar-refractivity contribution is 5.78. The number of benzene rings is 3. The van der Waals surface area contributed by atoms with Crippen molar-refractivity contribution in [1.29, 1.82) is 0 Å². The molecule has 44 heavy (non-hydrogen) atoms. The van der Waals surface area contributed by atoms with E-state index >= 15 is 0 Å². The first kappa shape index (κ1) is 29.5. The summed E-state index contributed by atoms with van der Waals surface area (Å²) in [7, 11) is 1.66. The van der Waals surface area contributed by atoms with Gasteiger partial charge in [-0.05, 0) is 73.0 Å². The molecule has 1 aliphatic heterocycles. The van der Waals surface area contributed by atoms with Gasteiger partial charge in [0.1, 0.15) is 17.4 Å². The Morgan fingerprint density at radius 1 is 0.955 bits per heavy atom. The standard InChI is InChI=1S/C36H39FN6O/c1-3-4-22-42(24-27-8-6-5-7-9-27)25-30-16-19-33-41-34(28-12-14-29(37)15-13-28)35(43(30)33)32-20-21-38-36(40-32)39-23-26-10-17-31(44-2)18-11-26/h5-15,17-18,20-21,30H,3-4,16,19,22-25H2,1-2H3,(H,38,39,40)/t30-/m0/s1. The number of halogens is 1. The summed E-state index contributed by atoms with van der Waals surface area (Å²) in [4.78, 5) is 17.2. The van der Waals surface area contributed by atoms with Crippen LogP contribution in [0.5, 0.6) is 5.75 Å². The Kier molecular flexibility index (Phi) is 9.27. The van der Waals surface area contributed by atoms with Gasteiger partial charge in [0, 0.05) is 43.9 Å². The van der Waals surface area contributed by atoms with Crippen LogP contribution in [0.25, 0.3) is 22.6 Å². The Hall–Kier alpha value is -4.56. The Bertz CT molecular complexity index is 1650. The van der Waals surface area contributed by atoms with Crippen LogP contribution in [0, 0.1) is 5.82 Å². The van der Waals surface area contributed by atoms with E-state index < -0.39 is 0 Å². The zero-order valence-electron chi connectivity index (χ0n) is 25.4. The third-order valence-corrected chi connectivity index (χ3v) is 8.22. The number of nitrogens with zero attached hydrogens (tertiary/aromatic N) is 5. The molecule has 0 bridgehead atoms. The molecule has 7 nitrogen and oxygen atoms in total. The lowest BCUT2D eigenvalue weighted by molar-refractivity contribution is 0.223. The maximum Gasteiger partial charge on any atom is 0.223 e. The van der Waals surface area contributed by atoms with Gasteiger partial charge < -0.3 is 14.6 Å². The zero-order valence-corrected chi connectivity index (χ0v) is 25.4. The molecule has 1 aliphatic rings. The van der Waals surface area contributed by atoms with E-state index in [4.69, 9.17) is 14.7 Å². The van der Waals surface area contributed by atoms with Crippen LogP contribution in [0.15, 0.2) is 91.1 Å². The van der Waals surface area contributed by atoms with E-state index in [0.29, 0.717) is 12.5 Å². The number of imidazole rings is 1. The van der Waals surface area contributed by atoms with Crippen molar-refractivity contribution >= 4 is 5.95 Å². The third kappa shape index (κ3) is 6.81. The van der Waals surface area contributed by atoms with Gasteiger partial charge in [-0.3, -0.25) is 4.90 Å².